The molecule has 0 aliphatic heterocycles. The van der Waals surface area contributed by atoms with Gasteiger partial charge in [-0.2, -0.15) is 0 Å². The normalized spacial score (nSPS) is 10.2. The first-order valence-electron chi connectivity index (χ1n) is 4.67. The summed E-state index contributed by atoms with van der Waals surface area (Å²) in [5.74, 6) is -0.426. The van der Waals surface area contributed by atoms with Gasteiger partial charge >= 0.3 is 5.97 Å². The first kappa shape index (κ1) is 9.71. The standard InChI is InChI=1S/C13H10O2/c1-15-13(14)9-10-6-7-11-4-2-3-5-12(11)8-10/h1-8H,9H2. The molecule has 2 radical (unpaired) electrons. The molecule has 0 bridgehead atoms. The lowest BCUT2D eigenvalue weighted by Gasteiger charge is -2.02. The molecule has 15 heavy (non-hydrogen) atoms. The third-order valence-corrected chi connectivity index (χ3v) is 2.29. The minimum absolute atomic E-state index is 0.210. The van der Waals surface area contributed by atoms with Gasteiger partial charge in [-0.15, -0.1) is 0 Å². The highest BCUT2D eigenvalue weighted by molar-refractivity contribution is 5.84. The Labute approximate surface area is 88.5 Å². The van der Waals surface area contributed by atoms with Gasteiger partial charge in [0.05, 0.1) is 6.42 Å². The minimum atomic E-state index is -0.426. The van der Waals surface area contributed by atoms with Crippen molar-refractivity contribution >= 4 is 16.7 Å². The highest BCUT2D eigenvalue weighted by Crippen LogP contribution is 2.16. The third-order valence-electron chi connectivity index (χ3n) is 2.29. The maximum atomic E-state index is 11.0. The van der Waals surface area contributed by atoms with E-state index in [1.165, 1.54) is 0 Å². The number of fused-ring (bicyclic) bond motifs is 1. The van der Waals surface area contributed by atoms with E-state index >= 15 is 0 Å². The van der Waals surface area contributed by atoms with Gasteiger partial charge in [-0.1, -0.05) is 42.5 Å². The summed E-state index contributed by atoms with van der Waals surface area (Å²) in [4.78, 5) is 11.0. The largest absolute Gasteiger partial charge is 0.454 e. The van der Waals surface area contributed by atoms with Crippen molar-refractivity contribution in [3.63, 3.8) is 0 Å². The molecule has 0 aliphatic rings. The Balaban J connectivity index is 2.34. The Morgan fingerprint density at radius 1 is 1.13 bits per heavy atom. The van der Waals surface area contributed by atoms with E-state index in [0.29, 0.717) is 0 Å². The lowest BCUT2D eigenvalue weighted by atomic mass is 10.1. The Hall–Kier alpha value is -1.83. The second kappa shape index (κ2) is 4.13. The summed E-state index contributed by atoms with van der Waals surface area (Å²) in [5, 5.41) is 2.27. The summed E-state index contributed by atoms with van der Waals surface area (Å²) in [6, 6.07) is 13.8. The molecule has 0 heterocycles. The molecule has 0 unspecified atom stereocenters. The summed E-state index contributed by atoms with van der Waals surface area (Å²) in [6.07, 6.45) is 0.210. The Morgan fingerprint density at radius 3 is 2.60 bits per heavy atom. The molecule has 2 rings (SSSR count). The zero-order valence-electron chi connectivity index (χ0n) is 8.14. The molecule has 0 aromatic heterocycles. The summed E-state index contributed by atoms with van der Waals surface area (Å²) >= 11 is 0. The Morgan fingerprint density at radius 2 is 1.87 bits per heavy atom. The Kier molecular flexibility index (Phi) is 2.68. The third kappa shape index (κ3) is 2.15. The zero-order valence-corrected chi connectivity index (χ0v) is 8.14. The fraction of sp³-hybridized carbons (Fsp3) is 0.0769. The van der Waals surface area contributed by atoms with E-state index in [4.69, 9.17) is 7.11 Å². The van der Waals surface area contributed by atoms with Crippen LogP contribution in [-0.4, -0.2) is 5.97 Å². The highest BCUT2D eigenvalue weighted by atomic mass is 16.5. The van der Waals surface area contributed by atoms with Crippen molar-refractivity contribution in [1.29, 1.82) is 0 Å². The van der Waals surface area contributed by atoms with Crippen molar-refractivity contribution in [1.82, 2.24) is 0 Å². The van der Waals surface area contributed by atoms with Crippen LogP contribution in [0.15, 0.2) is 42.5 Å². The number of carbonyl (C=O) groups excluding carboxylic acids is 1. The first-order valence-corrected chi connectivity index (χ1v) is 4.67. The molecular weight excluding hydrogens is 188 g/mol. The molecule has 2 aromatic rings. The number of benzene rings is 2. The van der Waals surface area contributed by atoms with Crippen molar-refractivity contribution < 1.29 is 9.53 Å². The van der Waals surface area contributed by atoms with Crippen LogP contribution in [0.5, 0.6) is 0 Å². The number of hydrogen-bond donors (Lipinski definition) is 0. The molecular formula is C13H10O2. The quantitative estimate of drug-likeness (QED) is 0.693. The lowest BCUT2D eigenvalue weighted by molar-refractivity contribution is -0.137. The molecule has 0 N–H and O–H groups in total. The molecule has 0 saturated carbocycles. The summed E-state index contributed by atoms with van der Waals surface area (Å²) in [6.45, 7) is 0. The van der Waals surface area contributed by atoms with Crippen molar-refractivity contribution in [2.75, 3.05) is 0 Å². The molecule has 74 valence electrons. The van der Waals surface area contributed by atoms with Crippen LogP contribution >= 0.6 is 0 Å². The molecule has 0 atom stereocenters. The second-order valence-electron chi connectivity index (χ2n) is 3.35. The summed E-state index contributed by atoms with van der Waals surface area (Å²) in [7, 11) is 4.78. The monoisotopic (exact) mass is 198 g/mol. The molecule has 2 heteroatoms. The summed E-state index contributed by atoms with van der Waals surface area (Å²) < 4.78 is 4.13. The van der Waals surface area contributed by atoms with Crippen molar-refractivity contribution in [2.45, 2.75) is 6.42 Å². The average Bonchev–Trinajstić information content (AvgIpc) is 2.29. The van der Waals surface area contributed by atoms with E-state index < -0.39 is 5.97 Å². The van der Waals surface area contributed by atoms with Crippen LogP contribution in [0.1, 0.15) is 5.56 Å². The SMILES string of the molecule is [CH]OC(=O)Cc1ccc2ccccc2c1. The molecule has 0 aliphatic carbocycles. The van der Waals surface area contributed by atoms with Crippen LogP contribution in [0.25, 0.3) is 10.8 Å². The van der Waals surface area contributed by atoms with Crippen LogP contribution in [-0.2, 0) is 16.0 Å². The number of carbonyl (C=O) groups is 1. The van der Waals surface area contributed by atoms with Crippen LogP contribution in [0.4, 0.5) is 0 Å². The smallest absolute Gasteiger partial charge is 0.310 e. The topological polar surface area (TPSA) is 26.3 Å². The minimum Gasteiger partial charge on any atom is -0.454 e. The van der Waals surface area contributed by atoms with Gasteiger partial charge in [0.2, 0.25) is 0 Å². The van der Waals surface area contributed by atoms with Crippen molar-refractivity contribution in [3.8, 4) is 0 Å². The molecule has 0 spiro atoms. The second-order valence-corrected chi connectivity index (χ2v) is 3.35. The van der Waals surface area contributed by atoms with Crippen molar-refractivity contribution in [3.05, 3.63) is 55.1 Å². The van der Waals surface area contributed by atoms with Gasteiger partial charge in [0.25, 0.3) is 0 Å². The molecule has 2 aromatic carbocycles. The van der Waals surface area contributed by atoms with E-state index in [-0.39, 0.29) is 6.42 Å². The number of rotatable bonds is 2. The average molecular weight is 198 g/mol. The first-order chi connectivity index (χ1) is 7.29. The number of esters is 1. The molecule has 0 amide bonds. The van der Waals surface area contributed by atoms with E-state index in [2.05, 4.69) is 4.74 Å². The van der Waals surface area contributed by atoms with E-state index in [1.807, 2.05) is 42.5 Å². The van der Waals surface area contributed by atoms with Gasteiger partial charge in [0.15, 0.2) is 7.11 Å². The predicted octanol–water partition coefficient (Wildman–Crippen LogP) is 2.59. The highest BCUT2D eigenvalue weighted by Gasteiger charge is 2.03. The van der Waals surface area contributed by atoms with Crippen LogP contribution in [0.3, 0.4) is 0 Å². The van der Waals surface area contributed by atoms with Gasteiger partial charge < -0.3 is 4.74 Å². The van der Waals surface area contributed by atoms with Gasteiger partial charge in [-0.25, -0.2) is 0 Å². The van der Waals surface area contributed by atoms with Crippen LogP contribution in [0.2, 0.25) is 0 Å². The summed E-state index contributed by atoms with van der Waals surface area (Å²) in [5.41, 5.74) is 0.907. The predicted molar refractivity (Wildman–Crippen MR) is 58.0 cm³/mol. The fourth-order valence-corrected chi connectivity index (χ4v) is 1.56. The van der Waals surface area contributed by atoms with E-state index in [9.17, 15) is 4.79 Å². The van der Waals surface area contributed by atoms with Gasteiger partial charge in [-0.05, 0) is 16.3 Å². The molecule has 2 nitrogen and oxygen atoms in total. The number of ether oxygens (including phenoxy) is 1. The zero-order chi connectivity index (χ0) is 10.7. The fourth-order valence-electron chi connectivity index (χ4n) is 1.56. The maximum Gasteiger partial charge on any atom is 0.310 e. The van der Waals surface area contributed by atoms with Crippen molar-refractivity contribution in [2.24, 2.45) is 0 Å². The Bertz CT molecular complexity index is 489. The van der Waals surface area contributed by atoms with E-state index in [1.54, 1.807) is 0 Å². The van der Waals surface area contributed by atoms with Gasteiger partial charge in [0, 0.05) is 0 Å². The molecule has 0 fully saturated rings. The molecule has 0 saturated heterocycles. The van der Waals surface area contributed by atoms with Crippen LogP contribution < -0.4 is 0 Å². The lowest BCUT2D eigenvalue weighted by Crippen LogP contribution is -2.02. The van der Waals surface area contributed by atoms with Gasteiger partial charge in [0.1, 0.15) is 0 Å². The van der Waals surface area contributed by atoms with E-state index in [0.717, 1.165) is 16.3 Å². The van der Waals surface area contributed by atoms with Crippen LogP contribution in [0, 0.1) is 7.11 Å². The maximum absolute atomic E-state index is 11.0. The number of hydrogen-bond acceptors (Lipinski definition) is 2. The van der Waals surface area contributed by atoms with Gasteiger partial charge in [-0.3, -0.25) is 4.79 Å².